The first-order valence-corrected chi connectivity index (χ1v) is 8.90. The second kappa shape index (κ2) is 8.61. The molecule has 3 rings (SSSR count). The van der Waals surface area contributed by atoms with E-state index in [2.05, 4.69) is 10.6 Å². The van der Waals surface area contributed by atoms with Crippen molar-refractivity contribution in [1.82, 2.24) is 5.32 Å². The first-order chi connectivity index (χ1) is 12.6. The standard InChI is InChI=1S/C21H17ClN2OS/c22-17-12-10-16(11-13-17)20(25)18-8-4-5-9-19(18)24-21(26)23-14-15-6-2-1-3-7-15/h1-13H,14H2,(H2,23,24,26). The van der Waals surface area contributed by atoms with Crippen LogP contribution in [0, 0.1) is 0 Å². The summed E-state index contributed by atoms with van der Waals surface area (Å²) in [5.74, 6) is -0.0874. The lowest BCUT2D eigenvalue weighted by molar-refractivity contribution is 0.103. The third kappa shape index (κ3) is 4.69. The van der Waals surface area contributed by atoms with Gasteiger partial charge in [-0.25, -0.2) is 0 Å². The molecule has 0 aromatic heterocycles. The Morgan fingerprint density at radius 3 is 2.27 bits per heavy atom. The van der Waals surface area contributed by atoms with Gasteiger partial charge in [-0.2, -0.15) is 0 Å². The summed E-state index contributed by atoms with van der Waals surface area (Å²) < 4.78 is 0. The number of ketones is 1. The molecular formula is C21H17ClN2OS. The van der Waals surface area contributed by atoms with Crippen molar-refractivity contribution in [2.24, 2.45) is 0 Å². The number of carbonyl (C=O) groups is 1. The van der Waals surface area contributed by atoms with Crippen LogP contribution in [0.5, 0.6) is 0 Å². The Morgan fingerprint density at radius 2 is 1.54 bits per heavy atom. The van der Waals surface area contributed by atoms with Crippen molar-refractivity contribution in [3.63, 3.8) is 0 Å². The van der Waals surface area contributed by atoms with E-state index >= 15 is 0 Å². The van der Waals surface area contributed by atoms with Gasteiger partial charge in [-0.3, -0.25) is 4.79 Å². The Labute approximate surface area is 163 Å². The molecule has 0 saturated carbocycles. The molecular weight excluding hydrogens is 364 g/mol. The first kappa shape index (κ1) is 18.1. The van der Waals surface area contributed by atoms with Crippen LogP contribution in [0.1, 0.15) is 21.5 Å². The number of anilines is 1. The van der Waals surface area contributed by atoms with Crippen LogP contribution in [0.15, 0.2) is 78.9 Å². The predicted molar refractivity (Wildman–Crippen MR) is 111 cm³/mol. The minimum atomic E-state index is -0.0874. The monoisotopic (exact) mass is 380 g/mol. The van der Waals surface area contributed by atoms with Gasteiger partial charge in [0.1, 0.15) is 0 Å². The summed E-state index contributed by atoms with van der Waals surface area (Å²) in [7, 11) is 0. The number of thiocarbonyl (C=S) groups is 1. The lowest BCUT2D eigenvalue weighted by atomic mass is 10.0. The minimum Gasteiger partial charge on any atom is -0.358 e. The summed E-state index contributed by atoms with van der Waals surface area (Å²) in [6.45, 7) is 0.611. The largest absolute Gasteiger partial charge is 0.358 e. The van der Waals surface area contributed by atoms with Crippen molar-refractivity contribution in [3.05, 3.63) is 101 Å². The van der Waals surface area contributed by atoms with Gasteiger partial charge in [-0.15, -0.1) is 0 Å². The highest BCUT2D eigenvalue weighted by Crippen LogP contribution is 2.20. The molecule has 0 unspecified atom stereocenters. The second-order valence-corrected chi connectivity index (χ2v) is 6.52. The normalized spacial score (nSPS) is 10.2. The Morgan fingerprint density at radius 1 is 0.885 bits per heavy atom. The van der Waals surface area contributed by atoms with Gasteiger partial charge in [-0.1, -0.05) is 54.1 Å². The van der Waals surface area contributed by atoms with Crippen LogP contribution in [-0.2, 0) is 6.54 Å². The van der Waals surface area contributed by atoms with E-state index in [4.69, 9.17) is 23.8 Å². The Balaban J connectivity index is 1.71. The molecule has 0 saturated heterocycles. The Hall–Kier alpha value is -2.69. The SMILES string of the molecule is O=C(c1ccc(Cl)cc1)c1ccccc1NC(=S)NCc1ccccc1. The zero-order valence-electron chi connectivity index (χ0n) is 13.9. The van der Waals surface area contributed by atoms with Crippen LogP contribution in [0.3, 0.4) is 0 Å². The maximum atomic E-state index is 12.8. The third-order valence-electron chi connectivity index (χ3n) is 3.82. The zero-order valence-corrected chi connectivity index (χ0v) is 15.5. The van der Waals surface area contributed by atoms with Crippen LogP contribution in [0.2, 0.25) is 5.02 Å². The highest BCUT2D eigenvalue weighted by Gasteiger charge is 2.14. The van der Waals surface area contributed by atoms with Crippen molar-refractivity contribution in [1.29, 1.82) is 0 Å². The number of hydrogen-bond donors (Lipinski definition) is 2. The van der Waals surface area contributed by atoms with Gasteiger partial charge in [-0.05, 0) is 54.2 Å². The van der Waals surface area contributed by atoms with E-state index in [1.807, 2.05) is 48.5 Å². The molecule has 2 N–H and O–H groups in total. The number of benzene rings is 3. The second-order valence-electron chi connectivity index (χ2n) is 5.67. The molecule has 0 heterocycles. The van der Waals surface area contributed by atoms with Gasteiger partial charge >= 0.3 is 0 Å². The van der Waals surface area contributed by atoms with Gasteiger partial charge in [0, 0.05) is 22.7 Å². The summed E-state index contributed by atoms with van der Waals surface area (Å²) in [6.07, 6.45) is 0. The van der Waals surface area contributed by atoms with Crippen LogP contribution in [0.4, 0.5) is 5.69 Å². The average molecular weight is 381 g/mol. The molecule has 0 amide bonds. The van der Waals surface area contributed by atoms with Crippen molar-refractivity contribution in [2.75, 3.05) is 5.32 Å². The van der Waals surface area contributed by atoms with Crippen molar-refractivity contribution in [2.45, 2.75) is 6.54 Å². The summed E-state index contributed by atoms with van der Waals surface area (Å²) in [4.78, 5) is 12.8. The molecule has 3 aromatic carbocycles. The van der Waals surface area contributed by atoms with Gasteiger partial charge in [0.25, 0.3) is 0 Å². The lowest BCUT2D eigenvalue weighted by Crippen LogP contribution is -2.28. The number of hydrogen-bond acceptors (Lipinski definition) is 2. The predicted octanol–water partition coefficient (Wildman–Crippen LogP) is 5.06. The smallest absolute Gasteiger partial charge is 0.195 e. The van der Waals surface area contributed by atoms with Crippen LogP contribution in [-0.4, -0.2) is 10.9 Å². The van der Waals surface area contributed by atoms with Gasteiger partial charge < -0.3 is 10.6 Å². The maximum Gasteiger partial charge on any atom is 0.195 e. The molecule has 26 heavy (non-hydrogen) atoms. The third-order valence-corrected chi connectivity index (χ3v) is 4.32. The highest BCUT2D eigenvalue weighted by molar-refractivity contribution is 7.80. The lowest BCUT2D eigenvalue weighted by Gasteiger charge is -2.14. The molecule has 0 aliphatic rings. The number of rotatable bonds is 5. The molecule has 3 aromatic rings. The van der Waals surface area contributed by atoms with E-state index in [0.717, 1.165) is 5.56 Å². The molecule has 0 spiro atoms. The maximum absolute atomic E-state index is 12.8. The minimum absolute atomic E-state index is 0.0874. The van der Waals surface area contributed by atoms with Gasteiger partial charge in [0.05, 0.1) is 5.69 Å². The number of para-hydroxylation sites is 1. The van der Waals surface area contributed by atoms with E-state index in [1.54, 1.807) is 30.3 Å². The van der Waals surface area contributed by atoms with E-state index < -0.39 is 0 Å². The zero-order chi connectivity index (χ0) is 18.4. The van der Waals surface area contributed by atoms with E-state index in [9.17, 15) is 4.79 Å². The quantitative estimate of drug-likeness (QED) is 0.479. The number of halogens is 1. The first-order valence-electron chi connectivity index (χ1n) is 8.11. The fraction of sp³-hybridized carbons (Fsp3) is 0.0476. The van der Waals surface area contributed by atoms with E-state index in [0.29, 0.717) is 33.5 Å². The average Bonchev–Trinajstić information content (AvgIpc) is 2.68. The summed E-state index contributed by atoms with van der Waals surface area (Å²) in [5, 5.41) is 7.33. The van der Waals surface area contributed by atoms with Gasteiger partial charge in [0.2, 0.25) is 0 Å². The molecule has 5 heteroatoms. The van der Waals surface area contributed by atoms with Gasteiger partial charge in [0.15, 0.2) is 10.9 Å². The van der Waals surface area contributed by atoms with Crippen molar-refractivity contribution < 1.29 is 4.79 Å². The summed E-state index contributed by atoms with van der Waals surface area (Å²) >= 11 is 11.3. The molecule has 0 bridgehead atoms. The van der Waals surface area contributed by atoms with Crippen LogP contribution >= 0.6 is 23.8 Å². The molecule has 130 valence electrons. The number of nitrogens with one attached hydrogen (secondary N) is 2. The summed E-state index contributed by atoms with van der Waals surface area (Å²) in [5.41, 5.74) is 2.92. The molecule has 0 fully saturated rings. The highest BCUT2D eigenvalue weighted by atomic mass is 35.5. The topological polar surface area (TPSA) is 41.1 Å². The van der Waals surface area contributed by atoms with Crippen molar-refractivity contribution >= 4 is 40.4 Å². The number of carbonyl (C=O) groups excluding carboxylic acids is 1. The van der Waals surface area contributed by atoms with E-state index in [-0.39, 0.29) is 5.78 Å². The molecule has 0 aliphatic carbocycles. The molecule has 0 atom stereocenters. The Bertz CT molecular complexity index is 911. The van der Waals surface area contributed by atoms with E-state index in [1.165, 1.54) is 0 Å². The molecule has 0 radical (unpaired) electrons. The fourth-order valence-electron chi connectivity index (χ4n) is 2.49. The Kier molecular flexibility index (Phi) is 6.00. The fourth-order valence-corrected chi connectivity index (χ4v) is 2.80. The van der Waals surface area contributed by atoms with Crippen molar-refractivity contribution in [3.8, 4) is 0 Å². The summed E-state index contributed by atoms with van der Waals surface area (Å²) in [6, 6.07) is 24.1. The molecule has 0 aliphatic heterocycles. The van der Waals surface area contributed by atoms with Crippen LogP contribution < -0.4 is 10.6 Å². The van der Waals surface area contributed by atoms with Crippen LogP contribution in [0.25, 0.3) is 0 Å². The molecule has 3 nitrogen and oxygen atoms in total.